The lowest BCUT2D eigenvalue weighted by Gasteiger charge is -2.02. The van der Waals surface area contributed by atoms with Crippen LogP contribution >= 0.6 is 11.6 Å². The molecule has 4 nitrogen and oxygen atoms in total. The molecule has 26 heavy (non-hydrogen) atoms. The van der Waals surface area contributed by atoms with Crippen LogP contribution in [-0.4, -0.2) is 18.3 Å². The van der Waals surface area contributed by atoms with Crippen LogP contribution in [0.25, 0.3) is 22.6 Å². The second-order valence-corrected chi connectivity index (χ2v) is 6.10. The Bertz CT molecular complexity index is 1090. The number of rotatable bonds is 4. The summed E-state index contributed by atoms with van der Waals surface area (Å²) in [6.07, 6.45) is 1.75. The van der Waals surface area contributed by atoms with E-state index >= 15 is 0 Å². The molecular formula is C21H15ClN2O2. The van der Waals surface area contributed by atoms with E-state index in [1.807, 2.05) is 66.7 Å². The maximum atomic E-state index is 6.14. The van der Waals surface area contributed by atoms with Crippen LogP contribution < -0.4 is 4.74 Å². The average molecular weight is 363 g/mol. The summed E-state index contributed by atoms with van der Waals surface area (Å²) in [4.78, 5) is 9.06. The fraction of sp³-hybridized carbons (Fsp3) is 0.0476. The third-order valence-electron chi connectivity index (χ3n) is 3.93. The first-order valence-electron chi connectivity index (χ1n) is 8.06. The lowest BCUT2D eigenvalue weighted by atomic mass is 10.2. The van der Waals surface area contributed by atoms with E-state index in [-0.39, 0.29) is 0 Å². The van der Waals surface area contributed by atoms with Crippen LogP contribution in [0.2, 0.25) is 5.02 Å². The second kappa shape index (κ2) is 7.02. The molecule has 0 unspecified atom stereocenters. The summed E-state index contributed by atoms with van der Waals surface area (Å²) in [7, 11) is 1.59. The zero-order valence-electron chi connectivity index (χ0n) is 14.0. The Morgan fingerprint density at radius 2 is 1.88 bits per heavy atom. The van der Waals surface area contributed by atoms with Crippen molar-refractivity contribution in [1.29, 1.82) is 0 Å². The number of nitrogens with zero attached hydrogens (tertiary/aromatic N) is 2. The summed E-state index contributed by atoms with van der Waals surface area (Å²) in [6, 6.07) is 21.0. The molecule has 128 valence electrons. The lowest BCUT2D eigenvalue weighted by molar-refractivity contribution is 0.415. The van der Waals surface area contributed by atoms with Gasteiger partial charge in [-0.25, -0.2) is 4.98 Å². The predicted molar refractivity (Wildman–Crippen MR) is 105 cm³/mol. The standard InChI is InChI=1S/C21H15ClN2O2/c1-25-19-9-7-14(11-17(19)22)13-23-16-8-10-20-18(12-16)24-21(26-20)15-5-3-2-4-6-15/h2-13H,1H3. The maximum Gasteiger partial charge on any atom is 0.227 e. The topological polar surface area (TPSA) is 47.6 Å². The van der Waals surface area contributed by atoms with Crippen molar-refractivity contribution >= 4 is 34.6 Å². The zero-order chi connectivity index (χ0) is 17.9. The summed E-state index contributed by atoms with van der Waals surface area (Å²) >= 11 is 6.14. The molecule has 0 saturated heterocycles. The molecule has 0 saturated carbocycles. The molecule has 4 rings (SSSR count). The Balaban J connectivity index is 1.62. The van der Waals surface area contributed by atoms with Crippen LogP contribution in [0.1, 0.15) is 5.56 Å². The molecule has 1 heterocycles. The SMILES string of the molecule is COc1ccc(C=Nc2ccc3oc(-c4ccccc4)nc3c2)cc1Cl. The molecule has 0 aliphatic heterocycles. The Labute approximate surface area is 155 Å². The fourth-order valence-electron chi connectivity index (χ4n) is 2.61. The Hall–Kier alpha value is -3.11. The van der Waals surface area contributed by atoms with Crippen LogP contribution in [0, 0.1) is 0 Å². The largest absolute Gasteiger partial charge is 0.495 e. The van der Waals surface area contributed by atoms with Gasteiger partial charge in [-0.2, -0.15) is 0 Å². The van der Waals surface area contributed by atoms with Crippen molar-refractivity contribution in [3.05, 3.63) is 77.3 Å². The average Bonchev–Trinajstić information content (AvgIpc) is 3.10. The number of ether oxygens (including phenoxy) is 1. The van der Waals surface area contributed by atoms with Crippen LogP contribution in [0.5, 0.6) is 5.75 Å². The Morgan fingerprint density at radius 1 is 1.04 bits per heavy atom. The highest BCUT2D eigenvalue weighted by Crippen LogP contribution is 2.27. The molecule has 0 N–H and O–H groups in total. The number of methoxy groups -OCH3 is 1. The van der Waals surface area contributed by atoms with Crippen molar-refractivity contribution < 1.29 is 9.15 Å². The molecule has 0 aliphatic rings. The van der Waals surface area contributed by atoms with Gasteiger partial charge in [0.05, 0.1) is 17.8 Å². The predicted octanol–water partition coefficient (Wildman–Crippen LogP) is 5.91. The van der Waals surface area contributed by atoms with Crippen molar-refractivity contribution in [2.24, 2.45) is 4.99 Å². The summed E-state index contributed by atoms with van der Waals surface area (Å²) < 4.78 is 11.0. The lowest BCUT2D eigenvalue weighted by Crippen LogP contribution is -1.86. The number of fused-ring (bicyclic) bond motifs is 1. The summed E-state index contributed by atoms with van der Waals surface area (Å²) in [5, 5.41) is 0.552. The van der Waals surface area contributed by atoms with E-state index in [0.717, 1.165) is 27.9 Å². The first-order valence-corrected chi connectivity index (χ1v) is 8.44. The van der Waals surface area contributed by atoms with Crippen molar-refractivity contribution in [3.8, 4) is 17.2 Å². The maximum absolute atomic E-state index is 6.14. The van der Waals surface area contributed by atoms with Crippen molar-refractivity contribution in [2.45, 2.75) is 0 Å². The zero-order valence-corrected chi connectivity index (χ0v) is 14.8. The van der Waals surface area contributed by atoms with Gasteiger partial charge in [-0.3, -0.25) is 4.99 Å². The van der Waals surface area contributed by atoms with Crippen molar-refractivity contribution in [1.82, 2.24) is 4.98 Å². The molecule has 4 aromatic rings. The van der Waals surface area contributed by atoms with E-state index < -0.39 is 0 Å². The van der Waals surface area contributed by atoms with Crippen LogP contribution in [-0.2, 0) is 0 Å². The Morgan fingerprint density at radius 3 is 2.65 bits per heavy atom. The summed E-state index contributed by atoms with van der Waals surface area (Å²) in [5.41, 5.74) is 4.13. The molecule has 0 spiro atoms. The van der Waals surface area contributed by atoms with Crippen LogP contribution in [0.15, 0.2) is 76.1 Å². The molecular weight excluding hydrogens is 348 g/mol. The third kappa shape index (κ3) is 3.32. The molecule has 0 bridgehead atoms. The van der Waals surface area contributed by atoms with E-state index in [1.165, 1.54) is 0 Å². The van der Waals surface area contributed by atoms with Crippen molar-refractivity contribution in [2.75, 3.05) is 7.11 Å². The Kier molecular flexibility index (Phi) is 4.42. The van der Waals surface area contributed by atoms with Gasteiger partial charge in [0, 0.05) is 11.8 Å². The molecule has 1 aromatic heterocycles. The minimum atomic E-state index is 0.552. The van der Waals surface area contributed by atoms with Crippen molar-refractivity contribution in [3.63, 3.8) is 0 Å². The molecule has 3 aromatic carbocycles. The minimum absolute atomic E-state index is 0.552. The fourth-order valence-corrected chi connectivity index (χ4v) is 2.88. The van der Waals surface area contributed by atoms with Gasteiger partial charge in [-0.05, 0) is 54.1 Å². The highest BCUT2D eigenvalue weighted by molar-refractivity contribution is 6.32. The van der Waals surface area contributed by atoms with Gasteiger partial charge in [-0.15, -0.1) is 0 Å². The van der Waals surface area contributed by atoms with E-state index in [4.69, 9.17) is 20.8 Å². The highest BCUT2D eigenvalue weighted by Gasteiger charge is 2.08. The number of oxazole rings is 1. The number of hydrogen-bond acceptors (Lipinski definition) is 4. The smallest absolute Gasteiger partial charge is 0.227 e. The monoisotopic (exact) mass is 362 g/mol. The van der Waals surface area contributed by atoms with E-state index in [9.17, 15) is 0 Å². The van der Waals surface area contributed by atoms with Gasteiger partial charge in [-0.1, -0.05) is 29.8 Å². The number of halogens is 1. The van der Waals surface area contributed by atoms with Crippen LogP contribution in [0.3, 0.4) is 0 Å². The molecule has 0 radical (unpaired) electrons. The number of aliphatic imine (C=N–C) groups is 1. The summed E-state index contributed by atoms with van der Waals surface area (Å²) in [6.45, 7) is 0. The highest BCUT2D eigenvalue weighted by atomic mass is 35.5. The first kappa shape index (κ1) is 16.4. The molecule has 0 amide bonds. The van der Waals surface area contributed by atoms with Gasteiger partial charge >= 0.3 is 0 Å². The summed E-state index contributed by atoms with van der Waals surface area (Å²) in [5.74, 6) is 1.24. The van der Waals surface area contributed by atoms with Crippen LogP contribution in [0.4, 0.5) is 5.69 Å². The quantitative estimate of drug-likeness (QED) is 0.424. The van der Waals surface area contributed by atoms with Gasteiger partial charge < -0.3 is 9.15 Å². The van der Waals surface area contributed by atoms with E-state index in [2.05, 4.69) is 9.98 Å². The third-order valence-corrected chi connectivity index (χ3v) is 4.23. The van der Waals surface area contributed by atoms with E-state index in [1.54, 1.807) is 13.3 Å². The van der Waals surface area contributed by atoms with Gasteiger partial charge in [0.2, 0.25) is 5.89 Å². The molecule has 0 atom stereocenters. The number of hydrogen-bond donors (Lipinski definition) is 0. The first-order chi connectivity index (χ1) is 12.7. The minimum Gasteiger partial charge on any atom is -0.495 e. The molecule has 0 fully saturated rings. The normalized spacial score (nSPS) is 11.3. The number of aromatic nitrogens is 1. The number of benzene rings is 3. The molecule has 5 heteroatoms. The van der Waals surface area contributed by atoms with Gasteiger partial charge in [0.25, 0.3) is 0 Å². The second-order valence-electron chi connectivity index (χ2n) is 5.69. The van der Waals surface area contributed by atoms with Gasteiger partial charge in [0.15, 0.2) is 5.58 Å². The molecule has 0 aliphatic carbocycles. The van der Waals surface area contributed by atoms with E-state index in [0.29, 0.717) is 16.7 Å². The van der Waals surface area contributed by atoms with Gasteiger partial charge in [0.1, 0.15) is 11.3 Å².